The maximum atomic E-state index is 9.87. The molecule has 0 bridgehead atoms. The predicted octanol–water partition coefficient (Wildman–Crippen LogP) is 1.57. The van der Waals surface area contributed by atoms with Crippen LogP contribution in [0.2, 0.25) is 0 Å². The summed E-state index contributed by atoms with van der Waals surface area (Å²) in [6.45, 7) is 8.85. The van der Waals surface area contributed by atoms with E-state index in [-0.39, 0.29) is 12.0 Å². The molecule has 1 aliphatic heterocycles. The van der Waals surface area contributed by atoms with Crippen molar-refractivity contribution < 1.29 is 5.11 Å². The SMILES string of the molecule is CC1CN(C)CCN1CC(C)(CO)c1ccccc1. The quantitative estimate of drug-likeness (QED) is 0.892. The minimum atomic E-state index is -0.175. The summed E-state index contributed by atoms with van der Waals surface area (Å²) in [4.78, 5) is 4.88. The molecule has 1 heterocycles. The molecule has 0 radical (unpaired) electrons. The molecule has 0 amide bonds. The Bertz CT molecular complexity index is 395. The number of aliphatic hydroxyl groups excluding tert-OH is 1. The molecule has 0 spiro atoms. The van der Waals surface area contributed by atoms with Gasteiger partial charge in [-0.1, -0.05) is 37.3 Å². The van der Waals surface area contributed by atoms with E-state index in [1.54, 1.807) is 0 Å². The second kappa shape index (κ2) is 6.04. The third-order valence-electron chi connectivity index (χ3n) is 4.34. The van der Waals surface area contributed by atoms with Crippen LogP contribution in [-0.2, 0) is 5.41 Å². The van der Waals surface area contributed by atoms with Crippen molar-refractivity contribution in [1.29, 1.82) is 0 Å². The van der Waals surface area contributed by atoms with E-state index >= 15 is 0 Å². The van der Waals surface area contributed by atoms with Crippen LogP contribution in [0.15, 0.2) is 30.3 Å². The van der Waals surface area contributed by atoms with Crippen molar-refractivity contribution in [2.75, 3.05) is 39.8 Å². The highest BCUT2D eigenvalue weighted by Crippen LogP contribution is 2.26. The molecule has 1 fully saturated rings. The third-order valence-corrected chi connectivity index (χ3v) is 4.34. The topological polar surface area (TPSA) is 26.7 Å². The van der Waals surface area contributed by atoms with E-state index in [0.29, 0.717) is 6.04 Å². The lowest BCUT2D eigenvalue weighted by Crippen LogP contribution is -2.54. The smallest absolute Gasteiger partial charge is 0.0537 e. The van der Waals surface area contributed by atoms with E-state index in [0.717, 1.165) is 26.2 Å². The number of piperazine rings is 1. The lowest BCUT2D eigenvalue weighted by Gasteiger charge is -2.43. The van der Waals surface area contributed by atoms with E-state index in [9.17, 15) is 5.11 Å². The molecule has 2 unspecified atom stereocenters. The molecule has 1 aromatic carbocycles. The van der Waals surface area contributed by atoms with Crippen molar-refractivity contribution in [3.63, 3.8) is 0 Å². The molecule has 1 aliphatic rings. The minimum absolute atomic E-state index is 0.175. The van der Waals surface area contributed by atoms with Crippen LogP contribution in [0, 0.1) is 0 Å². The van der Waals surface area contributed by atoms with Crippen molar-refractivity contribution in [3.05, 3.63) is 35.9 Å². The number of likely N-dealkylation sites (N-methyl/N-ethyl adjacent to an activating group) is 1. The Kier molecular flexibility index (Phi) is 4.61. The highest BCUT2D eigenvalue weighted by Gasteiger charge is 2.32. The number of aliphatic hydroxyl groups is 1. The van der Waals surface area contributed by atoms with Gasteiger partial charge >= 0.3 is 0 Å². The average molecular weight is 262 g/mol. The van der Waals surface area contributed by atoms with Crippen LogP contribution in [0.3, 0.4) is 0 Å². The number of rotatable bonds is 4. The Labute approximate surface area is 116 Å². The van der Waals surface area contributed by atoms with E-state index in [4.69, 9.17) is 0 Å². The molecule has 1 saturated heterocycles. The Morgan fingerprint density at radius 1 is 1.26 bits per heavy atom. The Balaban J connectivity index is 2.10. The molecule has 0 aromatic heterocycles. The second-order valence-electron chi connectivity index (χ2n) is 6.17. The van der Waals surface area contributed by atoms with Crippen LogP contribution in [0.5, 0.6) is 0 Å². The lowest BCUT2D eigenvalue weighted by atomic mass is 9.82. The lowest BCUT2D eigenvalue weighted by molar-refractivity contribution is 0.0630. The molecule has 1 N–H and O–H groups in total. The first-order chi connectivity index (χ1) is 9.05. The number of hydrogen-bond acceptors (Lipinski definition) is 3. The summed E-state index contributed by atoms with van der Waals surface area (Å²) < 4.78 is 0. The Morgan fingerprint density at radius 3 is 2.53 bits per heavy atom. The molecular formula is C16H26N2O. The highest BCUT2D eigenvalue weighted by atomic mass is 16.3. The average Bonchev–Trinajstić information content (AvgIpc) is 2.43. The van der Waals surface area contributed by atoms with Crippen LogP contribution >= 0.6 is 0 Å². The van der Waals surface area contributed by atoms with E-state index in [2.05, 4.69) is 55.0 Å². The Hall–Kier alpha value is -0.900. The van der Waals surface area contributed by atoms with Gasteiger partial charge < -0.3 is 10.0 Å². The molecule has 0 aliphatic carbocycles. The van der Waals surface area contributed by atoms with Crippen LogP contribution in [-0.4, -0.2) is 60.8 Å². The second-order valence-corrected chi connectivity index (χ2v) is 6.17. The standard InChI is InChI=1S/C16H26N2O/c1-14-11-17(3)9-10-18(14)12-16(2,13-19)15-7-5-4-6-8-15/h4-8,14,19H,9-13H2,1-3H3. The molecule has 19 heavy (non-hydrogen) atoms. The summed E-state index contributed by atoms with van der Waals surface area (Å²) >= 11 is 0. The number of benzene rings is 1. The summed E-state index contributed by atoms with van der Waals surface area (Å²) in [6.07, 6.45) is 0. The fourth-order valence-corrected chi connectivity index (χ4v) is 2.93. The molecule has 0 saturated carbocycles. The predicted molar refractivity (Wildman–Crippen MR) is 79.4 cm³/mol. The van der Waals surface area contributed by atoms with Gasteiger partial charge in [0.25, 0.3) is 0 Å². The summed E-state index contributed by atoms with van der Waals surface area (Å²) in [7, 11) is 2.18. The number of nitrogens with zero attached hydrogens (tertiary/aromatic N) is 2. The molecule has 1 aromatic rings. The molecule has 2 atom stereocenters. The van der Waals surface area contributed by atoms with Gasteiger partial charge in [-0.05, 0) is 19.5 Å². The van der Waals surface area contributed by atoms with Crippen molar-refractivity contribution in [3.8, 4) is 0 Å². The maximum absolute atomic E-state index is 9.87. The fraction of sp³-hybridized carbons (Fsp3) is 0.625. The van der Waals surface area contributed by atoms with Gasteiger partial charge in [-0.25, -0.2) is 0 Å². The number of hydrogen-bond donors (Lipinski definition) is 1. The van der Waals surface area contributed by atoms with Crippen molar-refractivity contribution in [2.45, 2.75) is 25.3 Å². The van der Waals surface area contributed by atoms with Gasteiger partial charge in [0.05, 0.1) is 6.61 Å². The van der Waals surface area contributed by atoms with E-state index < -0.39 is 0 Å². The summed E-state index contributed by atoms with van der Waals surface area (Å²) in [6, 6.07) is 10.9. The van der Waals surface area contributed by atoms with Gasteiger partial charge in [-0.15, -0.1) is 0 Å². The first-order valence-electron chi connectivity index (χ1n) is 7.14. The van der Waals surface area contributed by atoms with Crippen molar-refractivity contribution in [1.82, 2.24) is 9.80 Å². The van der Waals surface area contributed by atoms with Crippen molar-refractivity contribution in [2.24, 2.45) is 0 Å². The monoisotopic (exact) mass is 262 g/mol. The van der Waals surface area contributed by atoms with Gasteiger partial charge in [-0.3, -0.25) is 4.90 Å². The summed E-state index contributed by atoms with van der Waals surface area (Å²) in [5.41, 5.74) is 1.05. The Morgan fingerprint density at radius 2 is 1.95 bits per heavy atom. The summed E-state index contributed by atoms with van der Waals surface area (Å²) in [5.74, 6) is 0. The molecule has 3 heteroatoms. The summed E-state index contributed by atoms with van der Waals surface area (Å²) in [5, 5.41) is 9.87. The van der Waals surface area contributed by atoms with E-state index in [1.165, 1.54) is 5.56 Å². The van der Waals surface area contributed by atoms with E-state index in [1.807, 2.05) is 6.07 Å². The molecule has 2 rings (SSSR count). The normalized spacial score (nSPS) is 25.2. The molecule has 3 nitrogen and oxygen atoms in total. The minimum Gasteiger partial charge on any atom is -0.395 e. The third kappa shape index (κ3) is 3.35. The largest absolute Gasteiger partial charge is 0.395 e. The van der Waals surface area contributed by atoms with Crippen molar-refractivity contribution >= 4 is 0 Å². The highest BCUT2D eigenvalue weighted by molar-refractivity contribution is 5.25. The zero-order valence-electron chi connectivity index (χ0n) is 12.3. The van der Waals surface area contributed by atoms with Gasteiger partial charge in [0.1, 0.15) is 0 Å². The fourth-order valence-electron chi connectivity index (χ4n) is 2.93. The van der Waals surface area contributed by atoms with Gasteiger partial charge in [0.2, 0.25) is 0 Å². The zero-order valence-corrected chi connectivity index (χ0v) is 12.3. The van der Waals surface area contributed by atoms with Crippen LogP contribution in [0.1, 0.15) is 19.4 Å². The maximum Gasteiger partial charge on any atom is 0.0537 e. The van der Waals surface area contributed by atoms with Crippen LogP contribution in [0.4, 0.5) is 0 Å². The van der Waals surface area contributed by atoms with Gasteiger partial charge in [-0.2, -0.15) is 0 Å². The van der Waals surface area contributed by atoms with Crippen LogP contribution in [0.25, 0.3) is 0 Å². The zero-order chi connectivity index (χ0) is 13.9. The molecular weight excluding hydrogens is 236 g/mol. The first-order valence-corrected chi connectivity index (χ1v) is 7.14. The van der Waals surface area contributed by atoms with Gasteiger partial charge in [0.15, 0.2) is 0 Å². The van der Waals surface area contributed by atoms with Gasteiger partial charge in [0, 0.05) is 37.6 Å². The first kappa shape index (κ1) is 14.5. The van der Waals surface area contributed by atoms with Crippen LogP contribution < -0.4 is 0 Å². The molecule has 106 valence electrons.